The molecule has 0 aliphatic rings. The highest BCUT2D eigenvalue weighted by Crippen LogP contribution is 2.22. The van der Waals surface area contributed by atoms with Crippen molar-refractivity contribution in [2.75, 3.05) is 6.54 Å². The molecule has 20 heavy (non-hydrogen) atoms. The highest BCUT2D eigenvalue weighted by Gasteiger charge is 2.23. The zero-order chi connectivity index (χ0) is 15.0. The summed E-state index contributed by atoms with van der Waals surface area (Å²) >= 11 is 0. The summed E-state index contributed by atoms with van der Waals surface area (Å²) in [5.41, 5.74) is 0.444. The van der Waals surface area contributed by atoms with E-state index in [1.165, 1.54) is 12.1 Å². The Morgan fingerprint density at radius 3 is 2.25 bits per heavy atom. The average molecular weight is 281 g/mol. The van der Waals surface area contributed by atoms with Gasteiger partial charge in [-0.1, -0.05) is 45.7 Å². The number of benzene rings is 1. The van der Waals surface area contributed by atoms with Crippen molar-refractivity contribution in [1.82, 2.24) is 5.32 Å². The summed E-state index contributed by atoms with van der Waals surface area (Å²) in [5.74, 6) is -0.207. The van der Waals surface area contributed by atoms with Crippen LogP contribution in [-0.2, 0) is 0 Å². The van der Waals surface area contributed by atoms with E-state index in [9.17, 15) is 9.50 Å². The predicted molar refractivity (Wildman–Crippen MR) is 82.2 cm³/mol. The third-order valence-corrected chi connectivity index (χ3v) is 4.11. The summed E-state index contributed by atoms with van der Waals surface area (Å²) in [6.07, 6.45) is 4.73. The van der Waals surface area contributed by atoms with E-state index in [2.05, 4.69) is 12.2 Å². The Bertz CT molecular complexity index is 373. The first-order valence-electron chi connectivity index (χ1n) is 7.76. The van der Waals surface area contributed by atoms with E-state index < -0.39 is 5.60 Å². The van der Waals surface area contributed by atoms with Gasteiger partial charge in [0.25, 0.3) is 0 Å². The average Bonchev–Trinajstić information content (AvgIpc) is 2.48. The molecule has 0 aliphatic carbocycles. The molecule has 0 fully saturated rings. The van der Waals surface area contributed by atoms with Crippen molar-refractivity contribution in [2.45, 2.75) is 64.5 Å². The van der Waals surface area contributed by atoms with Gasteiger partial charge in [0.2, 0.25) is 0 Å². The first-order chi connectivity index (χ1) is 9.54. The maximum Gasteiger partial charge on any atom is 0.123 e. The largest absolute Gasteiger partial charge is 0.389 e. The lowest BCUT2D eigenvalue weighted by Gasteiger charge is -2.29. The summed E-state index contributed by atoms with van der Waals surface area (Å²) < 4.78 is 13.0. The van der Waals surface area contributed by atoms with Gasteiger partial charge in [0.05, 0.1) is 5.60 Å². The minimum atomic E-state index is -0.648. The molecule has 0 radical (unpaired) electrons. The van der Waals surface area contributed by atoms with Gasteiger partial charge in [-0.2, -0.15) is 0 Å². The monoisotopic (exact) mass is 281 g/mol. The van der Waals surface area contributed by atoms with Crippen LogP contribution in [0.2, 0.25) is 0 Å². The van der Waals surface area contributed by atoms with E-state index in [0.717, 1.165) is 37.7 Å². The fraction of sp³-hybridized carbons (Fsp3) is 0.647. The number of rotatable bonds is 9. The van der Waals surface area contributed by atoms with Crippen LogP contribution in [0.4, 0.5) is 4.39 Å². The second kappa shape index (κ2) is 8.38. The Morgan fingerprint density at radius 1 is 1.15 bits per heavy atom. The lowest BCUT2D eigenvalue weighted by molar-refractivity contribution is 0.0294. The maximum atomic E-state index is 13.0. The van der Waals surface area contributed by atoms with Crippen LogP contribution < -0.4 is 5.32 Å². The highest BCUT2D eigenvalue weighted by atomic mass is 19.1. The van der Waals surface area contributed by atoms with Crippen molar-refractivity contribution in [3.8, 4) is 0 Å². The third-order valence-electron chi connectivity index (χ3n) is 4.11. The first-order valence-corrected chi connectivity index (χ1v) is 7.76. The lowest BCUT2D eigenvalue weighted by Crippen LogP contribution is -2.41. The summed E-state index contributed by atoms with van der Waals surface area (Å²) in [6, 6.07) is 6.85. The molecular weight excluding hydrogens is 253 g/mol. The molecule has 0 amide bonds. The van der Waals surface area contributed by atoms with Gasteiger partial charge < -0.3 is 10.4 Å². The molecule has 0 heterocycles. The van der Waals surface area contributed by atoms with Gasteiger partial charge in [-0.3, -0.25) is 0 Å². The van der Waals surface area contributed by atoms with E-state index >= 15 is 0 Å². The molecule has 0 aliphatic heterocycles. The van der Waals surface area contributed by atoms with Gasteiger partial charge in [-0.25, -0.2) is 4.39 Å². The Morgan fingerprint density at radius 2 is 1.75 bits per heavy atom. The number of halogens is 1. The molecule has 2 N–H and O–H groups in total. The molecule has 1 atom stereocenters. The van der Waals surface area contributed by atoms with Gasteiger partial charge in [-0.05, 0) is 37.0 Å². The summed E-state index contributed by atoms with van der Waals surface area (Å²) in [6.45, 7) is 6.75. The highest BCUT2D eigenvalue weighted by molar-refractivity contribution is 5.20. The lowest BCUT2D eigenvalue weighted by atomic mass is 9.95. The van der Waals surface area contributed by atoms with Crippen LogP contribution in [0.1, 0.15) is 64.5 Å². The molecule has 1 aromatic rings. The molecule has 0 bridgehead atoms. The van der Waals surface area contributed by atoms with Crippen molar-refractivity contribution in [3.05, 3.63) is 35.6 Å². The van der Waals surface area contributed by atoms with Gasteiger partial charge in [0.1, 0.15) is 5.82 Å². The number of nitrogens with one attached hydrogen (secondary N) is 1. The molecule has 0 aromatic heterocycles. The fourth-order valence-corrected chi connectivity index (χ4v) is 2.30. The summed E-state index contributed by atoms with van der Waals surface area (Å²) in [5, 5.41) is 13.8. The molecule has 114 valence electrons. The van der Waals surface area contributed by atoms with Crippen LogP contribution in [-0.4, -0.2) is 17.3 Å². The second-order valence-corrected chi connectivity index (χ2v) is 5.56. The van der Waals surface area contributed by atoms with Gasteiger partial charge in [0, 0.05) is 12.6 Å². The Labute approximate surface area is 122 Å². The van der Waals surface area contributed by atoms with E-state index in [1.54, 1.807) is 0 Å². The summed E-state index contributed by atoms with van der Waals surface area (Å²) in [4.78, 5) is 0. The van der Waals surface area contributed by atoms with Crippen molar-refractivity contribution in [1.29, 1.82) is 0 Å². The summed E-state index contributed by atoms with van der Waals surface area (Å²) in [7, 11) is 0. The number of aliphatic hydroxyl groups is 1. The Balaban J connectivity index is 2.71. The molecule has 1 unspecified atom stereocenters. The molecule has 3 heteroatoms. The standard InChI is InChI=1S/C17H28FNO/c1-4-7-8-16(14-9-11-15(18)12-10-14)19-13-17(20,5-2)6-3/h9-12,16,19-20H,4-8,13H2,1-3H3. The molecule has 1 aromatic carbocycles. The zero-order valence-electron chi connectivity index (χ0n) is 13.0. The molecule has 0 saturated heterocycles. The van der Waals surface area contributed by atoms with Gasteiger partial charge in [-0.15, -0.1) is 0 Å². The molecule has 2 nitrogen and oxygen atoms in total. The maximum absolute atomic E-state index is 13.0. The van der Waals surface area contributed by atoms with E-state index in [0.29, 0.717) is 6.54 Å². The van der Waals surface area contributed by atoms with E-state index in [4.69, 9.17) is 0 Å². The van der Waals surface area contributed by atoms with Crippen LogP contribution in [0.25, 0.3) is 0 Å². The SMILES string of the molecule is CCCCC(NCC(O)(CC)CC)c1ccc(F)cc1. The Hall–Kier alpha value is -0.930. The predicted octanol–water partition coefficient (Wildman–Crippen LogP) is 4.20. The molecule has 0 spiro atoms. The quantitative estimate of drug-likeness (QED) is 0.711. The molecule has 1 rings (SSSR count). The van der Waals surface area contributed by atoms with Crippen LogP contribution in [0, 0.1) is 5.82 Å². The van der Waals surface area contributed by atoms with E-state index in [1.807, 2.05) is 26.0 Å². The topological polar surface area (TPSA) is 32.3 Å². The zero-order valence-corrected chi connectivity index (χ0v) is 13.0. The van der Waals surface area contributed by atoms with Crippen molar-refractivity contribution < 1.29 is 9.50 Å². The normalized spacial score (nSPS) is 13.4. The van der Waals surface area contributed by atoms with Crippen molar-refractivity contribution >= 4 is 0 Å². The van der Waals surface area contributed by atoms with Crippen LogP contribution in [0.3, 0.4) is 0 Å². The number of unbranched alkanes of at least 4 members (excludes halogenated alkanes) is 1. The van der Waals surface area contributed by atoms with Crippen molar-refractivity contribution in [2.24, 2.45) is 0 Å². The van der Waals surface area contributed by atoms with Crippen LogP contribution in [0.5, 0.6) is 0 Å². The fourth-order valence-electron chi connectivity index (χ4n) is 2.30. The number of hydrogen-bond acceptors (Lipinski definition) is 2. The van der Waals surface area contributed by atoms with Crippen LogP contribution >= 0.6 is 0 Å². The first kappa shape index (κ1) is 17.1. The van der Waals surface area contributed by atoms with Gasteiger partial charge >= 0.3 is 0 Å². The van der Waals surface area contributed by atoms with Crippen molar-refractivity contribution in [3.63, 3.8) is 0 Å². The number of hydrogen-bond donors (Lipinski definition) is 2. The molecular formula is C17H28FNO. The van der Waals surface area contributed by atoms with Gasteiger partial charge in [0.15, 0.2) is 0 Å². The van der Waals surface area contributed by atoms with E-state index in [-0.39, 0.29) is 11.9 Å². The smallest absolute Gasteiger partial charge is 0.123 e. The third kappa shape index (κ3) is 5.22. The molecule has 0 saturated carbocycles. The van der Waals surface area contributed by atoms with Crippen LogP contribution in [0.15, 0.2) is 24.3 Å². The Kier molecular flexibility index (Phi) is 7.17. The minimum absolute atomic E-state index is 0.181. The second-order valence-electron chi connectivity index (χ2n) is 5.56. The minimum Gasteiger partial charge on any atom is -0.389 e.